The van der Waals surface area contributed by atoms with E-state index in [1.165, 1.54) is 16.2 Å². The van der Waals surface area contributed by atoms with Crippen LogP contribution in [0.25, 0.3) is 0 Å². The van der Waals surface area contributed by atoms with Crippen LogP contribution in [0.4, 0.5) is 5.69 Å². The van der Waals surface area contributed by atoms with E-state index in [2.05, 4.69) is 29.8 Å². The lowest BCUT2D eigenvalue weighted by molar-refractivity contribution is -0.136. The molecule has 4 N–H and O–H groups in total. The lowest BCUT2D eigenvalue weighted by Crippen LogP contribution is -2.52. The van der Waals surface area contributed by atoms with Gasteiger partial charge in [0.25, 0.3) is 5.91 Å². The average molecular weight is 491 g/mol. The summed E-state index contributed by atoms with van der Waals surface area (Å²) in [6, 6.07) is 3.13. The SMILES string of the molecule is Cc1c(Cl)cc(NC(O)NCc2csc3c2CN(C2CCC(=O)NC2=O)C3=O)cc1C(C)C. The molecule has 1 aromatic carbocycles. The molecular formula is C23H27ClN4O4S. The number of rotatable bonds is 7. The van der Waals surface area contributed by atoms with Gasteiger partial charge in [-0.25, -0.2) is 0 Å². The molecule has 0 bridgehead atoms. The molecule has 2 unspecified atom stereocenters. The summed E-state index contributed by atoms with van der Waals surface area (Å²) >= 11 is 7.69. The molecule has 0 saturated carbocycles. The van der Waals surface area contributed by atoms with E-state index in [4.69, 9.17) is 11.6 Å². The van der Waals surface area contributed by atoms with E-state index in [-0.39, 0.29) is 18.2 Å². The molecule has 2 atom stereocenters. The molecule has 1 saturated heterocycles. The summed E-state index contributed by atoms with van der Waals surface area (Å²) in [5.74, 6) is -0.622. The topological polar surface area (TPSA) is 111 Å². The quantitative estimate of drug-likeness (QED) is 0.350. The van der Waals surface area contributed by atoms with Gasteiger partial charge in [-0.3, -0.25) is 25.0 Å². The number of amides is 3. The Morgan fingerprint density at radius 3 is 2.76 bits per heavy atom. The Morgan fingerprint density at radius 1 is 1.30 bits per heavy atom. The van der Waals surface area contributed by atoms with Crippen molar-refractivity contribution in [3.8, 4) is 0 Å². The van der Waals surface area contributed by atoms with Gasteiger partial charge in [0.15, 0.2) is 6.35 Å². The molecule has 4 rings (SSSR count). The fraction of sp³-hybridized carbons (Fsp3) is 0.435. The first-order valence-corrected chi connectivity index (χ1v) is 12.1. The molecule has 2 aliphatic heterocycles. The van der Waals surface area contributed by atoms with Crippen LogP contribution in [0, 0.1) is 6.92 Å². The predicted molar refractivity (Wildman–Crippen MR) is 127 cm³/mol. The van der Waals surface area contributed by atoms with Gasteiger partial charge in [-0.15, -0.1) is 11.3 Å². The molecule has 10 heteroatoms. The first-order chi connectivity index (χ1) is 15.7. The molecule has 2 aliphatic rings. The third-order valence-corrected chi connectivity index (χ3v) is 7.60. The van der Waals surface area contributed by atoms with Crippen LogP contribution in [0.15, 0.2) is 17.5 Å². The number of piperidine rings is 1. The first kappa shape index (κ1) is 23.7. The molecule has 33 heavy (non-hydrogen) atoms. The number of aliphatic hydroxyl groups excluding tert-OH is 1. The monoisotopic (exact) mass is 490 g/mol. The summed E-state index contributed by atoms with van der Waals surface area (Å²) in [4.78, 5) is 38.6. The number of nitrogens with zero attached hydrogens (tertiary/aromatic N) is 1. The van der Waals surface area contributed by atoms with Crippen molar-refractivity contribution in [1.29, 1.82) is 0 Å². The van der Waals surface area contributed by atoms with Gasteiger partial charge < -0.3 is 15.3 Å². The van der Waals surface area contributed by atoms with Crippen LogP contribution in [0.1, 0.15) is 64.5 Å². The van der Waals surface area contributed by atoms with Gasteiger partial charge in [-0.05, 0) is 59.0 Å². The smallest absolute Gasteiger partial charge is 0.265 e. The number of thiophene rings is 1. The van der Waals surface area contributed by atoms with Gasteiger partial charge in [-0.2, -0.15) is 0 Å². The molecule has 3 amide bonds. The number of carbonyl (C=O) groups excluding carboxylic acids is 3. The van der Waals surface area contributed by atoms with Crippen molar-refractivity contribution in [2.24, 2.45) is 0 Å². The number of nitrogens with one attached hydrogen (secondary N) is 3. The highest BCUT2D eigenvalue weighted by atomic mass is 35.5. The normalized spacial score (nSPS) is 19.2. The molecule has 8 nitrogen and oxygen atoms in total. The Labute approximate surface area is 201 Å². The molecule has 176 valence electrons. The lowest BCUT2D eigenvalue weighted by Gasteiger charge is -2.29. The Kier molecular flexibility index (Phi) is 6.76. The molecule has 3 heterocycles. The van der Waals surface area contributed by atoms with Crippen molar-refractivity contribution in [3.05, 3.63) is 49.7 Å². The molecular weight excluding hydrogens is 464 g/mol. The minimum atomic E-state index is -1.03. The number of imide groups is 1. The average Bonchev–Trinajstić information content (AvgIpc) is 3.29. The number of anilines is 1. The van der Waals surface area contributed by atoms with Gasteiger partial charge in [0.05, 0.1) is 4.88 Å². The maximum Gasteiger partial charge on any atom is 0.265 e. The summed E-state index contributed by atoms with van der Waals surface area (Å²) in [7, 11) is 0. The fourth-order valence-electron chi connectivity index (χ4n) is 4.32. The largest absolute Gasteiger partial charge is 0.361 e. The number of benzene rings is 1. The van der Waals surface area contributed by atoms with Gasteiger partial charge in [-0.1, -0.05) is 25.4 Å². The van der Waals surface area contributed by atoms with E-state index in [1.807, 2.05) is 18.4 Å². The Hall–Kier alpha value is -2.46. The predicted octanol–water partition coefficient (Wildman–Crippen LogP) is 3.07. The Balaban J connectivity index is 1.40. The summed E-state index contributed by atoms with van der Waals surface area (Å²) in [6.45, 7) is 6.82. The van der Waals surface area contributed by atoms with E-state index < -0.39 is 18.3 Å². The van der Waals surface area contributed by atoms with Crippen molar-refractivity contribution in [1.82, 2.24) is 15.5 Å². The summed E-state index contributed by atoms with van der Waals surface area (Å²) in [6.07, 6.45) is -0.469. The van der Waals surface area contributed by atoms with Crippen LogP contribution in [0.5, 0.6) is 0 Å². The van der Waals surface area contributed by atoms with Crippen LogP contribution in [-0.4, -0.2) is 40.1 Å². The van der Waals surface area contributed by atoms with Crippen molar-refractivity contribution < 1.29 is 19.5 Å². The second kappa shape index (κ2) is 9.42. The van der Waals surface area contributed by atoms with Gasteiger partial charge >= 0.3 is 0 Å². The Bertz CT molecular complexity index is 1120. The summed E-state index contributed by atoms with van der Waals surface area (Å²) < 4.78 is 0. The summed E-state index contributed by atoms with van der Waals surface area (Å²) in [5, 5.41) is 21.4. The van der Waals surface area contributed by atoms with Gasteiger partial charge in [0.1, 0.15) is 6.04 Å². The fourth-order valence-corrected chi connectivity index (χ4v) is 5.59. The van der Waals surface area contributed by atoms with Crippen molar-refractivity contribution >= 4 is 46.3 Å². The van der Waals surface area contributed by atoms with E-state index in [1.54, 1.807) is 6.07 Å². The van der Waals surface area contributed by atoms with E-state index >= 15 is 0 Å². The number of hydrogen-bond acceptors (Lipinski definition) is 7. The highest BCUT2D eigenvalue weighted by molar-refractivity contribution is 7.12. The molecule has 0 aliphatic carbocycles. The zero-order chi connectivity index (χ0) is 23.9. The second-order valence-corrected chi connectivity index (χ2v) is 10.0. The molecule has 0 radical (unpaired) electrons. The number of carbonyl (C=O) groups is 3. The van der Waals surface area contributed by atoms with E-state index in [0.29, 0.717) is 41.0 Å². The maximum absolute atomic E-state index is 12.8. The third kappa shape index (κ3) is 4.77. The van der Waals surface area contributed by atoms with Gasteiger partial charge in [0, 0.05) is 30.2 Å². The number of aliphatic hydroxyl groups is 1. The van der Waals surface area contributed by atoms with E-state index in [9.17, 15) is 19.5 Å². The second-order valence-electron chi connectivity index (χ2n) is 8.72. The van der Waals surface area contributed by atoms with E-state index in [0.717, 1.165) is 22.3 Å². The van der Waals surface area contributed by atoms with Crippen LogP contribution in [-0.2, 0) is 22.7 Å². The molecule has 1 fully saturated rings. The summed E-state index contributed by atoms with van der Waals surface area (Å²) in [5.41, 5.74) is 4.60. The molecule has 1 aromatic heterocycles. The molecule has 2 aromatic rings. The lowest BCUT2D eigenvalue weighted by atomic mass is 9.97. The highest BCUT2D eigenvalue weighted by Gasteiger charge is 2.40. The minimum Gasteiger partial charge on any atom is -0.361 e. The first-order valence-electron chi connectivity index (χ1n) is 10.9. The number of hydrogen-bond donors (Lipinski definition) is 4. The Morgan fingerprint density at radius 2 is 2.06 bits per heavy atom. The zero-order valence-corrected chi connectivity index (χ0v) is 20.3. The standard InChI is InChI=1S/C23H27ClN4O4S/c1-11(2)15-6-14(7-17(24)12(15)3)26-23(32)25-8-13-10-33-20-16(13)9-28(22(20)31)18-4-5-19(29)27-21(18)30/h6-7,10-11,18,23,25-26,32H,4-5,8-9H2,1-3H3,(H,27,29,30). The number of halogens is 1. The van der Waals surface area contributed by atoms with Crippen LogP contribution < -0.4 is 16.0 Å². The van der Waals surface area contributed by atoms with Crippen molar-refractivity contribution in [2.45, 2.75) is 65.0 Å². The third-order valence-electron chi connectivity index (χ3n) is 6.15. The minimum absolute atomic E-state index is 0.190. The molecule has 0 spiro atoms. The van der Waals surface area contributed by atoms with Crippen LogP contribution >= 0.6 is 22.9 Å². The highest BCUT2D eigenvalue weighted by Crippen LogP contribution is 2.34. The maximum atomic E-state index is 12.8. The van der Waals surface area contributed by atoms with Crippen molar-refractivity contribution in [3.63, 3.8) is 0 Å². The van der Waals surface area contributed by atoms with Crippen molar-refractivity contribution in [2.75, 3.05) is 5.32 Å². The van der Waals surface area contributed by atoms with Gasteiger partial charge in [0.2, 0.25) is 11.8 Å². The van der Waals surface area contributed by atoms with Crippen LogP contribution in [0.2, 0.25) is 5.02 Å². The van der Waals surface area contributed by atoms with Crippen LogP contribution in [0.3, 0.4) is 0 Å². The number of fused-ring (bicyclic) bond motifs is 1. The zero-order valence-electron chi connectivity index (χ0n) is 18.7.